The van der Waals surface area contributed by atoms with Crippen LogP contribution in [-0.4, -0.2) is 33.6 Å². The molecule has 1 aromatic carbocycles. The van der Waals surface area contributed by atoms with Crippen LogP contribution in [0.4, 0.5) is 5.82 Å². The molecule has 1 saturated carbocycles. The molecule has 6 nitrogen and oxygen atoms in total. The molecule has 0 bridgehead atoms. The minimum Gasteiger partial charge on any atom is -0.383 e. The van der Waals surface area contributed by atoms with Gasteiger partial charge < -0.3 is 10.3 Å². The third kappa shape index (κ3) is 3.44. The predicted octanol–water partition coefficient (Wildman–Crippen LogP) is 4.59. The van der Waals surface area contributed by atoms with E-state index in [9.17, 15) is 4.79 Å². The van der Waals surface area contributed by atoms with E-state index in [2.05, 4.69) is 32.2 Å². The Morgan fingerprint density at radius 2 is 2.21 bits per heavy atom. The van der Waals surface area contributed by atoms with E-state index in [0.29, 0.717) is 22.9 Å². The number of aromatic nitrogens is 3. The van der Waals surface area contributed by atoms with Crippen molar-refractivity contribution < 1.29 is 4.79 Å². The molecular formula is C22H22ClN5O. The van der Waals surface area contributed by atoms with Gasteiger partial charge in [0.15, 0.2) is 0 Å². The fourth-order valence-electron chi connectivity index (χ4n) is 4.34. The topological polar surface area (TPSA) is 86.2 Å². The van der Waals surface area contributed by atoms with Gasteiger partial charge in [-0.2, -0.15) is 4.98 Å². The van der Waals surface area contributed by atoms with Crippen LogP contribution in [0.25, 0.3) is 11.0 Å². The normalized spacial score (nSPS) is 19.6. The number of fused-ring (bicyclic) bond motifs is 1. The summed E-state index contributed by atoms with van der Waals surface area (Å²) in [7, 11) is 1.72. The minimum atomic E-state index is 0.128. The first-order valence-electron chi connectivity index (χ1n) is 9.54. The molecule has 0 radical (unpaired) electrons. The maximum atomic E-state index is 11.1. The number of allylic oxidation sites excluding steroid dienone is 1. The molecule has 29 heavy (non-hydrogen) atoms. The Bertz CT molecular complexity index is 1130. The van der Waals surface area contributed by atoms with E-state index in [0.717, 1.165) is 42.2 Å². The lowest BCUT2D eigenvalue weighted by Crippen LogP contribution is -2.06. The van der Waals surface area contributed by atoms with Crippen LogP contribution < -0.4 is 5.73 Å². The molecule has 2 N–H and O–H groups in total. The predicted molar refractivity (Wildman–Crippen MR) is 117 cm³/mol. The van der Waals surface area contributed by atoms with Crippen molar-refractivity contribution in [2.45, 2.75) is 31.2 Å². The molecule has 0 saturated heterocycles. The number of benzene rings is 1. The Labute approximate surface area is 174 Å². The van der Waals surface area contributed by atoms with E-state index in [1.165, 1.54) is 5.56 Å². The van der Waals surface area contributed by atoms with E-state index < -0.39 is 0 Å². The number of rotatable bonds is 5. The number of carbonyl (C=O) groups excluding carboxylic acids is 1. The van der Waals surface area contributed by atoms with Gasteiger partial charge >= 0.3 is 0 Å². The third-order valence-electron chi connectivity index (χ3n) is 5.70. The van der Waals surface area contributed by atoms with Gasteiger partial charge in [-0.1, -0.05) is 24.8 Å². The average molecular weight is 408 g/mol. The molecule has 2 heterocycles. The van der Waals surface area contributed by atoms with Crippen molar-refractivity contribution in [1.29, 1.82) is 0 Å². The number of anilines is 1. The van der Waals surface area contributed by atoms with E-state index in [4.69, 9.17) is 17.3 Å². The summed E-state index contributed by atoms with van der Waals surface area (Å²) in [6, 6.07) is 8.09. The maximum absolute atomic E-state index is 11.1. The lowest BCUT2D eigenvalue weighted by atomic mass is 9.96. The van der Waals surface area contributed by atoms with Crippen LogP contribution in [-0.2, 0) is 0 Å². The first-order chi connectivity index (χ1) is 14.0. The molecule has 0 amide bonds. The molecule has 2 aromatic heterocycles. The summed E-state index contributed by atoms with van der Waals surface area (Å²) in [5.74, 6) is 0.721. The fraction of sp³-hybridized carbons (Fsp3) is 0.273. The highest BCUT2D eigenvalue weighted by atomic mass is 35.5. The van der Waals surface area contributed by atoms with E-state index >= 15 is 0 Å². The minimum absolute atomic E-state index is 0.128. The fourth-order valence-corrected chi connectivity index (χ4v) is 4.51. The smallest absolute Gasteiger partial charge is 0.226 e. The summed E-state index contributed by atoms with van der Waals surface area (Å²) in [4.78, 5) is 24.1. The molecule has 0 spiro atoms. The summed E-state index contributed by atoms with van der Waals surface area (Å²) in [6.07, 6.45) is 7.60. The zero-order valence-corrected chi connectivity index (χ0v) is 16.9. The first-order valence-corrected chi connectivity index (χ1v) is 9.91. The van der Waals surface area contributed by atoms with Gasteiger partial charge in [0.2, 0.25) is 5.28 Å². The van der Waals surface area contributed by atoms with Crippen LogP contribution in [0.1, 0.15) is 52.7 Å². The molecule has 0 aliphatic heterocycles. The molecule has 2 unspecified atom stereocenters. The molecular weight excluding hydrogens is 386 g/mol. The number of nitrogen functional groups attached to an aromatic ring is 1. The largest absolute Gasteiger partial charge is 0.383 e. The number of hydrogen-bond acceptors (Lipinski definition) is 5. The van der Waals surface area contributed by atoms with Crippen molar-refractivity contribution >= 4 is 40.5 Å². The lowest BCUT2D eigenvalue weighted by molar-refractivity contribution is 0.112. The van der Waals surface area contributed by atoms with Crippen molar-refractivity contribution in [2.75, 3.05) is 12.8 Å². The van der Waals surface area contributed by atoms with Crippen LogP contribution in [0.3, 0.4) is 0 Å². The summed E-state index contributed by atoms with van der Waals surface area (Å²) in [6.45, 7) is 3.86. The van der Waals surface area contributed by atoms with Crippen LogP contribution >= 0.6 is 11.6 Å². The van der Waals surface area contributed by atoms with Gasteiger partial charge in [-0.25, -0.2) is 4.98 Å². The number of carbonyl (C=O) groups is 1. The Kier molecular flexibility index (Phi) is 5.20. The summed E-state index contributed by atoms with van der Waals surface area (Å²) < 4.78 is 2.15. The standard InChI is InChI=1S/C22H22ClN5O/c1-3-18(25-2)17-11-28(21-19(17)20(24)26-22(23)27-21)16-8-7-15(10-16)14-6-4-5-13(9-14)12-29/h3-6,9,11-12,15-16H,1,7-8,10H2,2H3,(H2,24,26,27). The monoisotopic (exact) mass is 407 g/mol. The maximum Gasteiger partial charge on any atom is 0.226 e. The highest BCUT2D eigenvalue weighted by molar-refractivity contribution is 6.29. The van der Waals surface area contributed by atoms with Gasteiger partial charge in [-0.3, -0.25) is 9.79 Å². The zero-order chi connectivity index (χ0) is 20.5. The van der Waals surface area contributed by atoms with Crippen LogP contribution in [0.15, 0.2) is 48.1 Å². The highest BCUT2D eigenvalue weighted by Crippen LogP contribution is 2.43. The van der Waals surface area contributed by atoms with Gasteiger partial charge in [-0.15, -0.1) is 0 Å². The number of aliphatic imine (C=N–C) groups is 1. The van der Waals surface area contributed by atoms with Crippen LogP contribution in [0, 0.1) is 0 Å². The second-order valence-electron chi connectivity index (χ2n) is 7.29. The second-order valence-corrected chi connectivity index (χ2v) is 7.63. The Morgan fingerprint density at radius 1 is 1.38 bits per heavy atom. The van der Waals surface area contributed by atoms with E-state index in [-0.39, 0.29) is 11.3 Å². The first kappa shape index (κ1) is 19.3. The number of nitrogens with two attached hydrogens (primary N) is 1. The van der Waals surface area contributed by atoms with Crippen molar-refractivity contribution in [3.8, 4) is 0 Å². The molecule has 3 aromatic rings. The quantitative estimate of drug-likeness (QED) is 0.380. The molecule has 7 heteroatoms. The van der Waals surface area contributed by atoms with Crippen molar-refractivity contribution in [3.05, 3.63) is 65.1 Å². The summed E-state index contributed by atoms with van der Waals surface area (Å²) in [5, 5.41) is 0.879. The second kappa shape index (κ2) is 7.79. The molecule has 1 fully saturated rings. The van der Waals surface area contributed by atoms with Gasteiger partial charge in [0, 0.05) is 30.4 Å². The lowest BCUT2D eigenvalue weighted by Gasteiger charge is -2.15. The number of hydrogen-bond donors (Lipinski definition) is 1. The van der Waals surface area contributed by atoms with E-state index in [1.807, 2.05) is 24.4 Å². The SMILES string of the molecule is C=CC(=NC)c1cn(C2CCC(c3cccc(C=O)c3)C2)c2nc(Cl)nc(N)c12. The Hall–Kier alpha value is -2.99. The van der Waals surface area contributed by atoms with Gasteiger partial charge in [0.05, 0.1) is 11.1 Å². The zero-order valence-electron chi connectivity index (χ0n) is 16.2. The Balaban J connectivity index is 1.76. The van der Waals surface area contributed by atoms with Crippen LogP contribution in [0.2, 0.25) is 5.28 Å². The average Bonchev–Trinajstić information content (AvgIpc) is 3.34. The Morgan fingerprint density at radius 3 is 2.93 bits per heavy atom. The molecule has 2 atom stereocenters. The molecule has 1 aliphatic rings. The van der Waals surface area contributed by atoms with E-state index in [1.54, 1.807) is 13.1 Å². The van der Waals surface area contributed by atoms with Crippen molar-refractivity contribution in [3.63, 3.8) is 0 Å². The molecule has 4 rings (SSSR count). The molecule has 1 aliphatic carbocycles. The van der Waals surface area contributed by atoms with Gasteiger partial charge in [0.25, 0.3) is 0 Å². The summed E-state index contributed by atoms with van der Waals surface area (Å²) in [5.41, 5.74) is 10.4. The van der Waals surface area contributed by atoms with Crippen molar-refractivity contribution in [2.24, 2.45) is 4.99 Å². The van der Waals surface area contributed by atoms with Gasteiger partial charge in [-0.05, 0) is 54.5 Å². The van der Waals surface area contributed by atoms with Crippen molar-refractivity contribution in [1.82, 2.24) is 14.5 Å². The highest BCUT2D eigenvalue weighted by Gasteiger charge is 2.30. The number of aldehydes is 1. The molecule has 148 valence electrons. The summed E-state index contributed by atoms with van der Waals surface area (Å²) >= 11 is 6.12. The van der Waals surface area contributed by atoms with Crippen LogP contribution in [0.5, 0.6) is 0 Å². The van der Waals surface area contributed by atoms with Gasteiger partial charge in [0.1, 0.15) is 17.8 Å². The number of nitrogens with zero attached hydrogens (tertiary/aromatic N) is 4. The third-order valence-corrected chi connectivity index (χ3v) is 5.87. The number of halogens is 1.